The molecular weight excluding hydrogens is 298 g/mol. The molecule has 3 aromatic heterocycles. The molecule has 22 heavy (non-hydrogen) atoms. The number of rotatable bonds is 4. The van der Waals surface area contributed by atoms with Crippen LogP contribution in [-0.2, 0) is 0 Å². The van der Waals surface area contributed by atoms with Crippen molar-refractivity contribution < 1.29 is 5.11 Å². The third-order valence-electron chi connectivity index (χ3n) is 4.80. The highest BCUT2D eigenvalue weighted by atomic mass is 32.1. The van der Waals surface area contributed by atoms with Crippen molar-refractivity contribution in [3.63, 3.8) is 0 Å². The first kappa shape index (κ1) is 12.8. The SMILES string of the molecule is OC(c1cn(C2CCC2)nn1)c1c(C2CC2)sc2cncn12. The van der Waals surface area contributed by atoms with Crippen LogP contribution in [-0.4, -0.2) is 29.5 Å². The Morgan fingerprint density at radius 3 is 2.86 bits per heavy atom. The molecule has 1 N–H and O–H groups in total. The third kappa shape index (κ3) is 1.85. The van der Waals surface area contributed by atoms with Gasteiger partial charge >= 0.3 is 0 Å². The van der Waals surface area contributed by atoms with E-state index in [1.165, 1.54) is 24.1 Å². The van der Waals surface area contributed by atoms with Crippen LogP contribution in [0.1, 0.15) is 66.4 Å². The second-order valence-electron chi connectivity index (χ2n) is 6.34. The lowest BCUT2D eigenvalue weighted by atomic mass is 9.93. The molecule has 0 radical (unpaired) electrons. The first-order chi connectivity index (χ1) is 10.8. The first-order valence-electron chi connectivity index (χ1n) is 7.85. The molecule has 1 atom stereocenters. The zero-order chi connectivity index (χ0) is 14.7. The maximum absolute atomic E-state index is 10.9. The van der Waals surface area contributed by atoms with Crippen LogP contribution in [0.5, 0.6) is 0 Å². The Labute approximate surface area is 131 Å². The fourth-order valence-electron chi connectivity index (χ4n) is 3.11. The van der Waals surface area contributed by atoms with E-state index in [-0.39, 0.29) is 0 Å². The largest absolute Gasteiger partial charge is 0.380 e. The Kier molecular flexibility index (Phi) is 2.69. The molecule has 3 heterocycles. The van der Waals surface area contributed by atoms with Gasteiger partial charge in [-0.2, -0.15) is 0 Å². The van der Waals surface area contributed by atoms with Gasteiger partial charge in [0.2, 0.25) is 0 Å². The smallest absolute Gasteiger partial charge is 0.141 e. The Bertz CT molecular complexity index is 826. The normalized spacial score (nSPS) is 20.4. The van der Waals surface area contributed by atoms with Crippen molar-refractivity contribution in [3.8, 4) is 0 Å². The van der Waals surface area contributed by atoms with Crippen molar-refractivity contribution in [2.24, 2.45) is 0 Å². The van der Waals surface area contributed by atoms with E-state index in [4.69, 9.17) is 0 Å². The van der Waals surface area contributed by atoms with E-state index in [0.29, 0.717) is 17.7 Å². The van der Waals surface area contributed by atoms with E-state index < -0.39 is 6.10 Å². The van der Waals surface area contributed by atoms with Crippen molar-refractivity contribution in [2.75, 3.05) is 0 Å². The zero-order valence-electron chi connectivity index (χ0n) is 12.1. The third-order valence-corrected chi connectivity index (χ3v) is 6.07. The Morgan fingerprint density at radius 2 is 2.14 bits per heavy atom. The summed E-state index contributed by atoms with van der Waals surface area (Å²) in [5.41, 5.74) is 1.57. The van der Waals surface area contributed by atoms with Gasteiger partial charge in [-0.25, -0.2) is 9.67 Å². The van der Waals surface area contributed by atoms with Crippen molar-refractivity contribution in [3.05, 3.63) is 35.0 Å². The van der Waals surface area contributed by atoms with Gasteiger partial charge in [-0.1, -0.05) is 5.21 Å². The summed E-state index contributed by atoms with van der Waals surface area (Å²) in [7, 11) is 0. The highest BCUT2D eigenvalue weighted by molar-refractivity contribution is 7.17. The number of fused-ring (bicyclic) bond motifs is 1. The van der Waals surface area contributed by atoms with Crippen molar-refractivity contribution >= 4 is 16.2 Å². The standard InChI is InChI=1S/C15H17N5OS/c21-14(11-7-20(18-17-11)10-2-1-3-10)13-15(9-4-5-9)22-12-6-16-8-19(12)13/h6-10,14,21H,1-5H2. The van der Waals surface area contributed by atoms with Crippen LogP contribution in [0.15, 0.2) is 18.7 Å². The lowest BCUT2D eigenvalue weighted by molar-refractivity contribution is 0.208. The number of imidazole rings is 1. The van der Waals surface area contributed by atoms with Gasteiger partial charge < -0.3 is 5.11 Å². The van der Waals surface area contributed by atoms with Crippen molar-refractivity contribution in [1.82, 2.24) is 24.4 Å². The molecular formula is C15H17N5OS. The van der Waals surface area contributed by atoms with Crippen LogP contribution in [0.3, 0.4) is 0 Å². The monoisotopic (exact) mass is 315 g/mol. The maximum Gasteiger partial charge on any atom is 0.141 e. The average molecular weight is 315 g/mol. The maximum atomic E-state index is 10.9. The number of aliphatic hydroxyl groups excluding tert-OH is 1. The molecule has 1 unspecified atom stereocenters. The predicted molar refractivity (Wildman–Crippen MR) is 82.0 cm³/mol. The molecule has 0 aliphatic heterocycles. The molecule has 7 heteroatoms. The molecule has 3 aromatic rings. The number of aromatic nitrogens is 5. The van der Waals surface area contributed by atoms with Gasteiger partial charge in [-0.15, -0.1) is 16.4 Å². The molecule has 0 aromatic carbocycles. The zero-order valence-corrected chi connectivity index (χ0v) is 12.9. The molecule has 0 spiro atoms. The number of thiazole rings is 1. The fraction of sp³-hybridized carbons (Fsp3) is 0.533. The summed E-state index contributed by atoms with van der Waals surface area (Å²) in [6.07, 6.45) is 10.8. The molecule has 5 rings (SSSR count). The Morgan fingerprint density at radius 1 is 1.27 bits per heavy atom. The number of nitrogens with zero attached hydrogens (tertiary/aromatic N) is 5. The topological polar surface area (TPSA) is 68.2 Å². The van der Waals surface area contributed by atoms with E-state index in [9.17, 15) is 5.11 Å². The quantitative estimate of drug-likeness (QED) is 0.803. The van der Waals surface area contributed by atoms with E-state index in [1.807, 2.05) is 21.5 Å². The molecule has 6 nitrogen and oxygen atoms in total. The Hall–Kier alpha value is -1.73. The summed E-state index contributed by atoms with van der Waals surface area (Å²) in [5, 5.41) is 19.3. The molecule has 2 saturated carbocycles. The van der Waals surface area contributed by atoms with Gasteiger partial charge in [0.1, 0.15) is 23.0 Å². The molecule has 2 aliphatic carbocycles. The molecule has 0 bridgehead atoms. The second-order valence-corrected chi connectivity index (χ2v) is 7.40. The minimum Gasteiger partial charge on any atom is -0.380 e. The van der Waals surface area contributed by atoms with Crippen LogP contribution in [0.25, 0.3) is 4.83 Å². The lowest BCUT2D eigenvalue weighted by Crippen LogP contribution is -2.17. The van der Waals surface area contributed by atoms with E-state index in [2.05, 4.69) is 15.3 Å². The molecule has 0 amide bonds. The van der Waals surface area contributed by atoms with Crippen LogP contribution < -0.4 is 0 Å². The molecule has 0 saturated heterocycles. The summed E-state index contributed by atoms with van der Waals surface area (Å²) >= 11 is 1.74. The highest BCUT2D eigenvalue weighted by Gasteiger charge is 2.33. The fourth-order valence-corrected chi connectivity index (χ4v) is 4.41. The van der Waals surface area contributed by atoms with E-state index in [1.54, 1.807) is 17.7 Å². The summed E-state index contributed by atoms with van der Waals surface area (Å²) < 4.78 is 3.92. The van der Waals surface area contributed by atoms with Crippen molar-refractivity contribution in [1.29, 1.82) is 0 Å². The van der Waals surface area contributed by atoms with Gasteiger partial charge in [0.15, 0.2) is 0 Å². The number of aliphatic hydroxyl groups is 1. The minimum atomic E-state index is -0.729. The van der Waals surface area contributed by atoms with Crippen LogP contribution >= 0.6 is 11.3 Å². The van der Waals surface area contributed by atoms with Gasteiger partial charge in [0, 0.05) is 4.88 Å². The summed E-state index contributed by atoms with van der Waals surface area (Å²) in [6.45, 7) is 0. The van der Waals surface area contributed by atoms with Crippen LogP contribution in [0, 0.1) is 0 Å². The Balaban J connectivity index is 1.56. The first-order valence-corrected chi connectivity index (χ1v) is 8.67. The minimum absolute atomic E-state index is 0.465. The van der Waals surface area contributed by atoms with Crippen molar-refractivity contribution in [2.45, 2.75) is 50.2 Å². The van der Waals surface area contributed by atoms with Gasteiger partial charge in [-0.05, 0) is 38.0 Å². The van der Waals surface area contributed by atoms with Gasteiger partial charge in [-0.3, -0.25) is 4.40 Å². The highest BCUT2D eigenvalue weighted by Crippen LogP contribution is 2.47. The summed E-state index contributed by atoms with van der Waals surface area (Å²) in [5.74, 6) is 0.594. The average Bonchev–Trinajstić information content (AvgIpc) is 2.88. The number of hydrogen-bond acceptors (Lipinski definition) is 5. The van der Waals surface area contributed by atoms with Crippen LogP contribution in [0.4, 0.5) is 0 Å². The summed E-state index contributed by atoms with van der Waals surface area (Å²) in [6, 6.07) is 0.465. The molecule has 2 aliphatic rings. The number of hydrogen-bond donors (Lipinski definition) is 1. The molecule has 2 fully saturated rings. The van der Waals surface area contributed by atoms with Gasteiger partial charge in [0.25, 0.3) is 0 Å². The van der Waals surface area contributed by atoms with Gasteiger partial charge in [0.05, 0.1) is 24.1 Å². The summed E-state index contributed by atoms with van der Waals surface area (Å²) in [4.78, 5) is 6.56. The van der Waals surface area contributed by atoms with Crippen LogP contribution in [0.2, 0.25) is 0 Å². The lowest BCUT2D eigenvalue weighted by Gasteiger charge is -2.24. The van der Waals surface area contributed by atoms with E-state index >= 15 is 0 Å². The predicted octanol–water partition coefficient (Wildman–Crippen LogP) is 2.67. The van der Waals surface area contributed by atoms with E-state index in [0.717, 1.165) is 23.4 Å². The second kappa shape index (κ2) is 4.63. The molecule has 114 valence electrons.